The van der Waals surface area contributed by atoms with Crippen molar-refractivity contribution in [3.8, 4) is 0 Å². The molecule has 0 aromatic heterocycles. The first-order chi connectivity index (χ1) is 14.7. The summed E-state index contributed by atoms with van der Waals surface area (Å²) in [6.45, 7) is 6.16. The highest BCUT2D eigenvalue weighted by molar-refractivity contribution is 5.64. The van der Waals surface area contributed by atoms with E-state index in [2.05, 4.69) is 0 Å². The maximum absolute atomic E-state index is 15.1. The Bertz CT molecular complexity index is 1010. The number of rotatable bonds is 3. The van der Waals surface area contributed by atoms with Crippen LogP contribution in [-0.2, 0) is 5.41 Å². The zero-order valence-electron chi connectivity index (χ0n) is 17.9. The van der Waals surface area contributed by atoms with Gasteiger partial charge in [-0.1, -0.05) is 24.3 Å². The van der Waals surface area contributed by atoms with Crippen LogP contribution in [0.5, 0.6) is 0 Å². The van der Waals surface area contributed by atoms with E-state index in [1.165, 1.54) is 52.0 Å². The van der Waals surface area contributed by atoms with Crippen molar-refractivity contribution in [2.45, 2.75) is 39.3 Å². The fourth-order valence-electron chi connectivity index (χ4n) is 4.15. The molecule has 0 unspecified atom stereocenters. The number of benzene rings is 3. The molecule has 0 fully saturated rings. The van der Waals surface area contributed by atoms with E-state index < -0.39 is 34.6 Å². The van der Waals surface area contributed by atoms with Crippen LogP contribution < -0.4 is 11.5 Å². The molecule has 8 heteroatoms. The van der Waals surface area contributed by atoms with Gasteiger partial charge in [-0.2, -0.15) is 13.2 Å². The quantitative estimate of drug-likeness (QED) is 0.209. The predicted molar refractivity (Wildman–Crippen MR) is 113 cm³/mol. The first-order valence-corrected chi connectivity index (χ1v) is 9.68. The van der Waals surface area contributed by atoms with Crippen LogP contribution in [0.4, 0.5) is 37.7 Å². The average molecular weight is 452 g/mol. The Morgan fingerprint density at radius 3 is 1.12 bits per heavy atom. The molecule has 0 aliphatic rings. The van der Waals surface area contributed by atoms with Crippen molar-refractivity contribution in [3.63, 3.8) is 0 Å². The van der Waals surface area contributed by atoms with Crippen LogP contribution in [0.1, 0.15) is 38.9 Å². The van der Waals surface area contributed by atoms with Crippen LogP contribution in [0, 0.1) is 45.1 Å². The summed E-state index contributed by atoms with van der Waals surface area (Å²) < 4.78 is 87.5. The lowest BCUT2D eigenvalue weighted by atomic mass is 9.67. The first kappa shape index (κ1) is 23.5. The van der Waals surface area contributed by atoms with Crippen molar-refractivity contribution in [3.05, 3.63) is 92.8 Å². The normalized spacial score (nSPS) is 12.3. The molecule has 3 rings (SSSR count). The Balaban J connectivity index is 2.61. The van der Waals surface area contributed by atoms with Crippen LogP contribution in [-0.4, -0.2) is 6.18 Å². The number of anilines is 2. The standard InChI is InChI=1S/C24H22F6N2/c1-11-5-15(6-12(2)21(11)31)23(24(28,29)30,16-7-13(3)22(32)14(4)8-16)17-9-18(25)20(27)19(26)10-17/h5-10H,31-32H2,1-4H3. The van der Waals surface area contributed by atoms with Gasteiger partial charge in [0, 0.05) is 11.4 Å². The second kappa shape index (κ2) is 7.76. The molecule has 0 radical (unpaired) electrons. The lowest BCUT2D eigenvalue weighted by Gasteiger charge is -2.38. The zero-order valence-corrected chi connectivity index (χ0v) is 17.9. The molecule has 4 N–H and O–H groups in total. The van der Waals surface area contributed by atoms with Gasteiger partial charge in [-0.05, 0) is 78.8 Å². The topological polar surface area (TPSA) is 52.0 Å². The van der Waals surface area contributed by atoms with E-state index in [0.29, 0.717) is 45.8 Å². The highest BCUT2D eigenvalue weighted by Crippen LogP contribution is 2.53. The summed E-state index contributed by atoms with van der Waals surface area (Å²) in [5, 5.41) is 0. The van der Waals surface area contributed by atoms with Crippen LogP contribution in [0.2, 0.25) is 0 Å². The molecular formula is C24H22F6N2. The summed E-state index contributed by atoms with van der Waals surface area (Å²) in [5.74, 6) is -5.29. The van der Waals surface area contributed by atoms with Gasteiger partial charge in [0.2, 0.25) is 0 Å². The lowest BCUT2D eigenvalue weighted by molar-refractivity contribution is -0.166. The predicted octanol–water partition coefficient (Wildman–Crippen LogP) is 6.40. The van der Waals surface area contributed by atoms with Crippen molar-refractivity contribution in [1.29, 1.82) is 0 Å². The fourth-order valence-corrected chi connectivity index (χ4v) is 4.15. The molecule has 3 aromatic rings. The van der Waals surface area contributed by atoms with E-state index in [4.69, 9.17) is 11.5 Å². The molecule has 0 bridgehead atoms. The van der Waals surface area contributed by atoms with E-state index in [-0.39, 0.29) is 11.1 Å². The first-order valence-electron chi connectivity index (χ1n) is 9.68. The number of hydrogen-bond acceptors (Lipinski definition) is 2. The Kier molecular flexibility index (Phi) is 5.70. The molecule has 32 heavy (non-hydrogen) atoms. The van der Waals surface area contributed by atoms with Crippen molar-refractivity contribution < 1.29 is 26.3 Å². The second-order valence-corrected chi connectivity index (χ2v) is 8.05. The highest BCUT2D eigenvalue weighted by atomic mass is 19.4. The molecule has 0 heterocycles. The van der Waals surface area contributed by atoms with Gasteiger partial charge in [0.25, 0.3) is 0 Å². The minimum Gasteiger partial charge on any atom is -0.398 e. The summed E-state index contributed by atoms with van der Waals surface area (Å²) in [6.07, 6.45) is -5.08. The Morgan fingerprint density at radius 2 is 0.844 bits per heavy atom. The van der Waals surface area contributed by atoms with Gasteiger partial charge < -0.3 is 11.5 Å². The third kappa shape index (κ3) is 3.47. The Morgan fingerprint density at radius 1 is 0.562 bits per heavy atom. The molecule has 0 atom stereocenters. The van der Waals surface area contributed by atoms with E-state index in [9.17, 15) is 13.2 Å². The molecular weight excluding hydrogens is 430 g/mol. The van der Waals surface area contributed by atoms with Gasteiger partial charge in [0.15, 0.2) is 17.5 Å². The molecule has 2 nitrogen and oxygen atoms in total. The summed E-state index contributed by atoms with van der Waals surface area (Å²) >= 11 is 0. The van der Waals surface area contributed by atoms with Gasteiger partial charge in [0.05, 0.1) is 0 Å². The van der Waals surface area contributed by atoms with Crippen LogP contribution in [0.15, 0.2) is 36.4 Å². The lowest BCUT2D eigenvalue weighted by Crippen LogP contribution is -2.45. The Hall–Kier alpha value is -3.16. The molecule has 170 valence electrons. The molecule has 0 aliphatic heterocycles. The van der Waals surface area contributed by atoms with Gasteiger partial charge in [-0.3, -0.25) is 0 Å². The fraction of sp³-hybridized carbons (Fsp3) is 0.250. The van der Waals surface area contributed by atoms with Gasteiger partial charge in [-0.15, -0.1) is 0 Å². The monoisotopic (exact) mass is 452 g/mol. The summed E-state index contributed by atoms with van der Waals surface area (Å²) in [5.41, 5.74) is 9.52. The zero-order chi connectivity index (χ0) is 24.2. The number of hydrogen-bond donors (Lipinski definition) is 2. The highest BCUT2D eigenvalue weighted by Gasteiger charge is 2.59. The van der Waals surface area contributed by atoms with E-state index in [1.54, 1.807) is 0 Å². The molecule has 0 aliphatic carbocycles. The maximum atomic E-state index is 15.1. The second-order valence-electron chi connectivity index (χ2n) is 8.05. The van der Waals surface area contributed by atoms with Gasteiger partial charge in [-0.25, -0.2) is 13.2 Å². The smallest absolute Gasteiger partial charge is 0.398 e. The number of halogens is 6. The SMILES string of the molecule is Cc1cc(C(c2cc(C)c(N)c(C)c2)(c2cc(F)c(F)c(F)c2)C(F)(F)F)cc(C)c1N. The minimum atomic E-state index is -5.08. The van der Waals surface area contributed by atoms with E-state index in [1.807, 2.05) is 0 Å². The molecule has 3 aromatic carbocycles. The summed E-state index contributed by atoms with van der Waals surface area (Å²) in [4.78, 5) is 0. The van der Waals surface area contributed by atoms with Crippen LogP contribution in [0.3, 0.4) is 0 Å². The molecule has 0 saturated carbocycles. The maximum Gasteiger partial charge on any atom is 0.406 e. The van der Waals surface area contributed by atoms with Crippen LogP contribution in [0.25, 0.3) is 0 Å². The Labute approximate surface area is 181 Å². The minimum absolute atomic E-state index is 0.297. The van der Waals surface area contributed by atoms with Gasteiger partial charge >= 0.3 is 6.18 Å². The average Bonchev–Trinajstić information content (AvgIpc) is 2.67. The largest absolute Gasteiger partial charge is 0.406 e. The third-order valence-corrected chi connectivity index (χ3v) is 5.90. The number of nitrogen functional groups attached to an aromatic ring is 2. The van der Waals surface area contributed by atoms with E-state index >= 15 is 13.2 Å². The number of aryl methyl sites for hydroxylation is 4. The van der Waals surface area contributed by atoms with Crippen LogP contribution >= 0.6 is 0 Å². The molecule has 0 spiro atoms. The summed E-state index contributed by atoms with van der Waals surface area (Å²) in [7, 11) is 0. The molecule has 0 amide bonds. The van der Waals surface area contributed by atoms with Crippen molar-refractivity contribution in [1.82, 2.24) is 0 Å². The van der Waals surface area contributed by atoms with Crippen molar-refractivity contribution >= 4 is 11.4 Å². The number of alkyl halides is 3. The van der Waals surface area contributed by atoms with Crippen molar-refractivity contribution in [2.75, 3.05) is 11.5 Å². The molecule has 0 saturated heterocycles. The third-order valence-electron chi connectivity index (χ3n) is 5.90. The summed E-state index contributed by atoms with van der Waals surface area (Å²) in [6, 6.07) is 5.69. The van der Waals surface area contributed by atoms with E-state index in [0.717, 1.165) is 0 Å². The number of nitrogens with two attached hydrogens (primary N) is 2. The van der Waals surface area contributed by atoms with Gasteiger partial charge in [0.1, 0.15) is 5.41 Å². The van der Waals surface area contributed by atoms with Crippen molar-refractivity contribution in [2.24, 2.45) is 0 Å².